The number of fused-ring (bicyclic) bond motifs is 1. The third-order valence-corrected chi connectivity index (χ3v) is 4.06. The highest BCUT2D eigenvalue weighted by Gasteiger charge is 2.32. The number of para-hydroxylation sites is 1. The minimum absolute atomic E-state index is 0.128. The molecule has 2 rings (SSSR count). The average molecular weight is 278 g/mol. The molecule has 1 unspecified atom stereocenters. The molecule has 1 atom stereocenters. The number of carbonyl (C=O) groups excluding carboxylic acids is 1. The predicted molar refractivity (Wildman–Crippen MR) is 77.5 cm³/mol. The van der Waals surface area contributed by atoms with Crippen LogP contribution in [-0.2, 0) is 11.2 Å². The lowest BCUT2D eigenvalue weighted by molar-refractivity contribution is -0.128. The minimum atomic E-state index is -0.923. The highest BCUT2D eigenvalue weighted by molar-refractivity contribution is 5.81. The van der Waals surface area contributed by atoms with Crippen LogP contribution in [0.15, 0.2) is 24.3 Å². The Kier molecular flexibility index (Phi) is 4.62. The van der Waals surface area contributed by atoms with Crippen LogP contribution in [0.4, 0.5) is 5.69 Å². The SMILES string of the molecule is CCC(CO)(CO)NC(=O)C1CNc2ccccc2C1. The smallest absolute Gasteiger partial charge is 0.225 e. The Morgan fingerprint density at radius 3 is 2.75 bits per heavy atom. The summed E-state index contributed by atoms with van der Waals surface area (Å²) in [5.74, 6) is -0.314. The van der Waals surface area contributed by atoms with E-state index in [1.54, 1.807) is 0 Å². The van der Waals surface area contributed by atoms with E-state index < -0.39 is 5.54 Å². The molecule has 0 aromatic heterocycles. The second-order valence-electron chi connectivity index (χ2n) is 5.38. The molecule has 0 radical (unpaired) electrons. The summed E-state index contributed by atoms with van der Waals surface area (Å²) >= 11 is 0. The molecule has 0 aliphatic carbocycles. The molecule has 0 bridgehead atoms. The molecule has 1 aliphatic rings. The molecular weight excluding hydrogens is 256 g/mol. The molecule has 1 heterocycles. The standard InChI is InChI=1S/C15H22N2O3/c1-2-15(9-18,10-19)17-14(20)12-7-11-5-3-4-6-13(11)16-8-12/h3-6,12,16,18-19H,2,7-10H2,1H3,(H,17,20). The summed E-state index contributed by atoms with van der Waals surface area (Å²) in [7, 11) is 0. The predicted octanol–water partition coefficient (Wildman–Crippen LogP) is 0.520. The van der Waals surface area contributed by atoms with Crippen LogP contribution in [0.3, 0.4) is 0 Å². The first-order valence-electron chi connectivity index (χ1n) is 6.99. The lowest BCUT2D eigenvalue weighted by atomic mass is 9.91. The van der Waals surface area contributed by atoms with E-state index in [1.807, 2.05) is 31.2 Å². The van der Waals surface area contributed by atoms with Crippen molar-refractivity contribution in [1.82, 2.24) is 5.32 Å². The summed E-state index contributed by atoms with van der Waals surface area (Å²) in [5, 5.41) is 24.8. The summed E-state index contributed by atoms with van der Waals surface area (Å²) in [6.45, 7) is 1.88. The summed E-state index contributed by atoms with van der Waals surface area (Å²) in [4.78, 5) is 12.3. The fourth-order valence-electron chi connectivity index (χ4n) is 2.43. The van der Waals surface area contributed by atoms with Crippen LogP contribution >= 0.6 is 0 Å². The number of rotatable bonds is 5. The Morgan fingerprint density at radius 1 is 1.40 bits per heavy atom. The highest BCUT2D eigenvalue weighted by Crippen LogP contribution is 2.24. The first kappa shape index (κ1) is 14.8. The molecule has 4 N–H and O–H groups in total. The summed E-state index contributed by atoms with van der Waals surface area (Å²) in [5.41, 5.74) is 1.27. The van der Waals surface area contributed by atoms with Crippen molar-refractivity contribution in [3.05, 3.63) is 29.8 Å². The number of amides is 1. The van der Waals surface area contributed by atoms with Gasteiger partial charge < -0.3 is 20.8 Å². The van der Waals surface area contributed by atoms with E-state index >= 15 is 0 Å². The van der Waals surface area contributed by atoms with Crippen molar-refractivity contribution in [2.75, 3.05) is 25.1 Å². The molecule has 0 spiro atoms. The molecule has 1 aromatic rings. The van der Waals surface area contributed by atoms with E-state index in [0.717, 1.165) is 11.3 Å². The normalized spacial score (nSPS) is 18.1. The number of aliphatic hydroxyl groups excluding tert-OH is 2. The second-order valence-corrected chi connectivity index (χ2v) is 5.38. The Labute approximate surface area is 119 Å². The van der Waals surface area contributed by atoms with Gasteiger partial charge in [0.05, 0.1) is 24.7 Å². The number of anilines is 1. The van der Waals surface area contributed by atoms with Gasteiger partial charge in [0.1, 0.15) is 0 Å². The molecule has 5 nitrogen and oxygen atoms in total. The molecule has 0 saturated heterocycles. The zero-order valence-corrected chi connectivity index (χ0v) is 11.7. The Balaban J connectivity index is 2.05. The largest absolute Gasteiger partial charge is 0.394 e. The second kappa shape index (κ2) is 6.24. The number of nitrogens with one attached hydrogen (secondary N) is 2. The van der Waals surface area contributed by atoms with Crippen LogP contribution in [0, 0.1) is 5.92 Å². The van der Waals surface area contributed by atoms with Crippen LogP contribution in [0.1, 0.15) is 18.9 Å². The number of benzene rings is 1. The lowest BCUT2D eigenvalue weighted by Gasteiger charge is -2.33. The van der Waals surface area contributed by atoms with E-state index in [2.05, 4.69) is 10.6 Å². The quantitative estimate of drug-likeness (QED) is 0.633. The van der Waals surface area contributed by atoms with Gasteiger partial charge in [0.2, 0.25) is 5.91 Å². The van der Waals surface area contributed by atoms with E-state index in [9.17, 15) is 15.0 Å². The maximum Gasteiger partial charge on any atom is 0.225 e. The molecule has 1 amide bonds. The average Bonchev–Trinajstić information content (AvgIpc) is 2.52. The van der Waals surface area contributed by atoms with Gasteiger partial charge in [-0.15, -0.1) is 0 Å². The summed E-state index contributed by atoms with van der Waals surface area (Å²) in [6, 6.07) is 7.93. The van der Waals surface area contributed by atoms with E-state index in [0.29, 0.717) is 19.4 Å². The fourth-order valence-corrected chi connectivity index (χ4v) is 2.43. The maximum atomic E-state index is 12.3. The molecule has 110 valence electrons. The number of hydrogen-bond acceptors (Lipinski definition) is 4. The van der Waals surface area contributed by atoms with E-state index in [-0.39, 0.29) is 25.0 Å². The van der Waals surface area contributed by atoms with Gasteiger partial charge in [-0.25, -0.2) is 0 Å². The summed E-state index contributed by atoms with van der Waals surface area (Å²) < 4.78 is 0. The van der Waals surface area contributed by atoms with Gasteiger partial charge in [0, 0.05) is 12.2 Å². The van der Waals surface area contributed by atoms with Crippen molar-refractivity contribution in [3.8, 4) is 0 Å². The molecule has 1 aliphatic heterocycles. The zero-order valence-electron chi connectivity index (χ0n) is 11.7. The van der Waals surface area contributed by atoms with Crippen molar-refractivity contribution in [3.63, 3.8) is 0 Å². The molecule has 20 heavy (non-hydrogen) atoms. The topological polar surface area (TPSA) is 81.6 Å². The Hall–Kier alpha value is -1.59. The van der Waals surface area contributed by atoms with E-state index in [1.165, 1.54) is 0 Å². The van der Waals surface area contributed by atoms with Crippen molar-refractivity contribution >= 4 is 11.6 Å². The van der Waals surface area contributed by atoms with Gasteiger partial charge in [-0.1, -0.05) is 25.1 Å². The van der Waals surface area contributed by atoms with E-state index in [4.69, 9.17) is 0 Å². The van der Waals surface area contributed by atoms with Crippen molar-refractivity contribution in [2.45, 2.75) is 25.3 Å². The van der Waals surface area contributed by atoms with Crippen molar-refractivity contribution in [2.24, 2.45) is 5.92 Å². The van der Waals surface area contributed by atoms with Gasteiger partial charge in [0.25, 0.3) is 0 Å². The Bertz CT molecular complexity index is 464. The molecular formula is C15H22N2O3. The van der Waals surface area contributed by atoms with Gasteiger partial charge in [-0.2, -0.15) is 0 Å². The molecule has 5 heteroatoms. The minimum Gasteiger partial charge on any atom is -0.394 e. The first-order chi connectivity index (χ1) is 9.64. The zero-order chi connectivity index (χ0) is 14.6. The van der Waals surface area contributed by atoms with Crippen molar-refractivity contribution < 1.29 is 15.0 Å². The number of carbonyl (C=O) groups is 1. The number of hydrogen-bond donors (Lipinski definition) is 4. The molecule has 1 aromatic carbocycles. The van der Waals surface area contributed by atoms with Crippen LogP contribution < -0.4 is 10.6 Å². The van der Waals surface area contributed by atoms with Crippen molar-refractivity contribution in [1.29, 1.82) is 0 Å². The first-order valence-corrected chi connectivity index (χ1v) is 6.99. The third-order valence-electron chi connectivity index (χ3n) is 4.06. The third kappa shape index (κ3) is 2.94. The van der Waals surface area contributed by atoms with Crippen LogP contribution in [0.5, 0.6) is 0 Å². The monoisotopic (exact) mass is 278 g/mol. The fraction of sp³-hybridized carbons (Fsp3) is 0.533. The van der Waals surface area contributed by atoms with Gasteiger partial charge in [0.15, 0.2) is 0 Å². The summed E-state index contributed by atoms with van der Waals surface area (Å²) in [6.07, 6.45) is 1.16. The lowest BCUT2D eigenvalue weighted by Crippen LogP contribution is -2.56. The number of aliphatic hydroxyl groups is 2. The highest BCUT2D eigenvalue weighted by atomic mass is 16.3. The van der Waals surface area contributed by atoms with Crippen LogP contribution in [0.25, 0.3) is 0 Å². The maximum absolute atomic E-state index is 12.3. The van der Waals surface area contributed by atoms with Crippen LogP contribution in [-0.4, -0.2) is 41.4 Å². The van der Waals surface area contributed by atoms with Gasteiger partial charge in [-0.3, -0.25) is 4.79 Å². The Morgan fingerprint density at radius 2 is 2.10 bits per heavy atom. The molecule has 0 fully saturated rings. The van der Waals surface area contributed by atoms with Gasteiger partial charge in [-0.05, 0) is 24.5 Å². The van der Waals surface area contributed by atoms with Crippen LogP contribution in [0.2, 0.25) is 0 Å². The van der Waals surface area contributed by atoms with Gasteiger partial charge >= 0.3 is 0 Å². The molecule has 0 saturated carbocycles.